The topological polar surface area (TPSA) is 120 Å². The van der Waals surface area contributed by atoms with Gasteiger partial charge in [0.05, 0.1) is 5.69 Å². The van der Waals surface area contributed by atoms with Crippen molar-refractivity contribution in [3.05, 3.63) is 76.3 Å². The Bertz CT molecular complexity index is 1010. The van der Waals surface area contributed by atoms with Crippen LogP contribution in [0.1, 0.15) is 42.4 Å². The molecule has 0 radical (unpaired) electrons. The molecule has 3 aromatic rings. The molecule has 158 valence electrons. The zero-order valence-corrected chi connectivity index (χ0v) is 17.9. The van der Waals surface area contributed by atoms with Gasteiger partial charge in [0.15, 0.2) is 11.0 Å². The molecule has 0 aliphatic rings. The highest BCUT2D eigenvalue weighted by molar-refractivity contribution is 6.30. The molecule has 0 saturated heterocycles. The first kappa shape index (κ1) is 21.8. The van der Waals surface area contributed by atoms with E-state index in [0.29, 0.717) is 24.1 Å². The summed E-state index contributed by atoms with van der Waals surface area (Å²) in [6.45, 7) is 3.19. The van der Waals surface area contributed by atoms with Gasteiger partial charge in [0.25, 0.3) is 0 Å². The zero-order valence-electron chi connectivity index (χ0n) is 17.1. The number of hydrogen-bond acceptors (Lipinski definition) is 5. The molecule has 7 N–H and O–H groups in total. The lowest BCUT2D eigenvalue weighted by Gasteiger charge is -2.13. The van der Waals surface area contributed by atoms with Crippen LogP contribution in [0, 0.1) is 0 Å². The molecule has 0 spiro atoms. The molecule has 1 aromatic heterocycles. The van der Waals surface area contributed by atoms with Gasteiger partial charge in [0.1, 0.15) is 5.82 Å². The standard InChI is InChI=1S/C22H28ClN7/c1-2-3-8-20-27-21(23)19(13-24)30(20)14-15-9-11-16(12-10-15)17-6-4-5-7-18(17)22(28-25)29-26/h4-7,9-12H,2-3,8,13-14,24-26H2,1H3,(H,28,29). The van der Waals surface area contributed by atoms with E-state index in [9.17, 15) is 0 Å². The average Bonchev–Trinajstić information content (AvgIpc) is 3.08. The van der Waals surface area contributed by atoms with E-state index in [0.717, 1.165) is 53.0 Å². The van der Waals surface area contributed by atoms with E-state index >= 15 is 0 Å². The fraction of sp³-hybridized carbons (Fsp3) is 0.273. The number of amidine groups is 1. The first-order chi connectivity index (χ1) is 14.6. The Kier molecular flexibility index (Phi) is 7.46. The smallest absolute Gasteiger partial charge is 0.167 e. The third-order valence-electron chi connectivity index (χ3n) is 5.10. The number of benzene rings is 2. The highest BCUT2D eigenvalue weighted by Crippen LogP contribution is 2.25. The second-order valence-electron chi connectivity index (χ2n) is 7.02. The van der Waals surface area contributed by atoms with Crippen LogP contribution in [-0.2, 0) is 19.5 Å². The number of rotatable bonds is 8. The Hall–Kier alpha value is -2.87. The second-order valence-corrected chi connectivity index (χ2v) is 7.38. The van der Waals surface area contributed by atoms with Crippen molar-refractivity contribution in [1.29, 1.82) is 0 Å². The number of nitrogens with one attached hydrogen (secondary N) is 1. The number of unbranched alkanes of at least 4 members (excludes halogenated alkanes) is 1. The van der Waals surface area contributed by atoms with Crippen LogP contribution in [-0.4, -0.2) is 15.4 Å². The molecule has 1 heterocycles. The third-order valence-corrected chi connectivity index (χ3v) is 5.41. The monoisotopic (exact) mass is 425 g/mol. The van der Waals surface area contributed by atoms with E-state index in [2.05, 4.69) is 51.3 Å². The van der Waals surface area contributed by atoms with E-state index in [4.69, 9.17) is 29.0 Å². The number of aryl methyl sites for hydroxylation is 1. The van der Waals surface area contributed by atoms with Crippen LogP contribution in [0.2, 0.25) is 5.15 Å². The van der Waals surface area contributed by atoms with Crippen molar-refractivity contribution in [2.75, 3.05) is 0 Å². The van der Waals surface area contributed by atoms with Crippen molar-refractivity contribution in [1.82, 2.24) is 15.0 Å². The minimum Gasteiger partial charge on any atom is -0.325 e. The summed E-state index contributed by atoms with van der Waals surface area (Å²) in [4.78, 5) is 4.53. The maximum atomic E-state index is 6.33. The Morgan fingerprint density at radius 2 is 1.90 bits per heavy atom. The van der Waals surface area contributed by atoms with Gasteiger partial charge in [0.2, 0.25) is 0 Å². The Balaban J connectivity index is 1.90. The van der Waals surface area contributed by atoms with Gasteiger partial charge in [0, 0.05) is 25.1 Å². The van der Waals surface area contributed by atoms with Gasteiger partial charge in [-0.3, -0.25) is 0 Å². The minimum atomic E-state index is 0.358. The van der Waals surface area contributed by atoms with E-state index in [-0.39, 0.29) is 0 Å². The largest absolute Gasteiger partial charge is 0.325 e. The van der Waals surface area contributed by atoms with Crippen molar-refractivity contribution < 1.29 is 0 Å². The molecule has 30 heavy (non-hydrogen) atoms. The summed E-state index contributed by atoms with van der Waals surface area (Å²) in [7, 11) is 0. The number of imidazole rings is 1. The second kappa shape index (κ2) is 10.2. The van der Waals surface area contributed by atoms with E-state index in [1.54, 1.807) is 0 Å². The highest BCUT2D eigenvalue weighted by Gasteiger charge is 2.15. The Labute approximate surface area is 181 Å². The van der Waals surface area contributed by atoms with Crippen LogP contribution in [0.25, 0.3) is 11.1 Å². The maximum absolute atomic E-state index is 6.33. The fourth-order valence-electron chi connectivity index (χ4n) is 3.51. The lowest BCUT2D eigenvalue weighted by Crippen LogP contribution is -2.32. The van der Waals surface area contributed by atoms with E-state index < -0.39 is 0 Å². The molecule has 0 atom stereocenters. The molecular formula is C22H28ClN7. The van der Waals surface area contributed by atoms with Crippen LogP contribution in [0.5, 0.6) is 0 Å². The molecule has 0 amide bonds. The van der Waals surface area contributed by atoms with Gasteiger partial charge < -0.3 is 21.6 Å². The lowest BCUT2D eigenvalue weighted by molar-refractivity contribution is 0.655. The lowest BCUT2D eigenvalue weighted by atomic mass is 9.98. The molecule has 0 fully saturated rings. The van der Waals surface area contributed by atoms with Gasteiger partial charge in [-0.15, -0.1) is 0 Å². The molecule has 0 unspecified atom stereocenters. The van der Waals surface area contributed by atoms with Gasteiger partial charge in [-0.1, -0.05) is 73.5 Å². The fourth-order valence-corrected chi connectivity index (χ4v) is 3.79. The van der Waals surface area contributed by atoms with Crippen molar-refractivity contribution >= 4 is 17.4 Å². The minimum absolute atomic E-state index is 0.358. The maximum Gasteiger partial charge on any atom is 0.167 e. The van der Waals surface area contributed by atoms with Crippen LogP contribution < -0.4 is 22.8 Å². The van der Waals surface area contributed by atoms with Crippen molar-refractivity contribution in [3.63, 3.8) is 0 Å². The molecule has 0 bridgehead atoms. The van der Waals surface area contributed by atoms with Crippen LogP contribution in [0.15, 0.2) is 53.6 Å². The van der Waals surface area contributed by atoms with Crippen LogP contribution >= 0.6 is 11.6 Å². The molecule has 0 saturated carbocycles. The third kappa shape index (κ3) is 4.64. The molecule has 8 heteroatoms. The summed E-state index contributed by atoms with van der Waals surface area (Å²) in [5.41, 5.74) is 13.4. The number of nitrogens with zero attached hydrogens (tertiary/aromatic N) is 3. The summed E-state index contributed by atoms with van der Waals surface area (Å²) in [6.07, 6.45) is 3.05. The van der Waals surface area contributed by atoms with Crippen molar-refractivity contribution in [3.8, 4) is 11.1 Å². The molecule has 0 aliphatic heterocycles. The molecule has 0 aliphatic carbocycles. The number of hydrazone groups is 1. The highest BCUT2D eigenvalue weighted by atomic mass is 35.5. The van der Waals surface area contributed by atoms with E-state index in [1.165, 1.54) is 0 Å². The van der Waals surface area contributed by atoms with Gasteiger partial charge in [-0.25, -0.2) is 10.8 Å². The zero-order chi connectivity index (χ0) is 21.5. The van der Waals surface area contributed by atoms with Crippen molar-refractivity contribution in [2.24, 2.45) is 22.5 Å². The van der Waals surface area contributed by atoms with Gasteiger partial charge in [-0.2, -0.15) is 5.10 Å². The average molecular weight is 426 g/mol. The SMILES string of the molecule is CCCCc1nc(Cl)c(CN)n1Cc1ccc(-c2ccccc2/C(=N/N)NN)cc1. The molecule has 2 aromatic carbocycles. The summed E-state index contributed by atoms with van der Waals surface area (Å²) in [5.74, 6) is 12.4. The Morgan fingerprint density at radius 3 is 2.53 bits per heavy atom. The summed E-state index contributed by atoms with van der Waals surface area (Å²) >= 11 is 6.33. The van der Waals surface area contributed by atoms with Crippen molar-refractivity contribution in [2.45, 2.75) is 39.3 Å². The number of aromatic nitrogens is 2. The first-order valence-corrected chi connectivity index (χ1v) is 10.4. The number of hydrogen-bond donors (Lipinski definition) is 4. The Morgan fingerprint density at radius 1 is 1.17 bits per heavy atom. The first-order valence-electron chi connectivity index (χ1n) is 9.99. The number of halogens is 1. The predicted octanol–water partition coefficient (Wildman–Crippen LogP) is 3.14. The normalized spacial score (nSPS) is 11.7. The quantitative estimate of drug-likeness (QED) is 0.191. The summed E-state index contributed by atoms with van der Waals surface area (Å²) < 4.78 is 2.14. The summed E-state index contributed by atoms with van der Waals surface area (Å²) in [5, 5.41) is 4.24. The van der Waals surface area contributed by atoms with Gasteiger partial charge >= 0.3 is 0 Å². The molecule has 3 rings (SSSR count). The van der Waals surface area contributed by atoms with Gasteiger partial charge in [-0.05, 0) is 23.1 Å². The number of hydrazine groups is 1. The van der Waals surface area contributed by atoms with E-state index in [1.807, 2.05) is 24.3 Å². The predicted molar refractivity (Wildman–Crippen MR) is 123 cm³/mol. The molecular weight excluding hydrogens is 398 g/mol. The number of nitrogens with two attached hydrogens (primary N) is 3. The van der Waals surface area contributed by atoms with Crippen LogP contribution in [0.4, 0.5) is 0 Å². The van der Waals surface area contributed by atoms with Crippen LogP contribution in [0.3, 0.4) is 0 Å². The molecule has 7 nitrogen and oxygen atoms in total. The summed E-state index contributed by atoms with van der Waals surface area (Å²) in [6, 6.07) is 16.2.